The van der Waals surface area contributed by atoms with Gasteiger partial charge < -0.3 is 0 Å². The van der Waals surface area contributed by atoms with Crippen molar-refractivity contribution < 1.29 is 45.3 Å². The fourth-order valence-electron chi connectivity index (χ4n) is 0. The van der Waals surface area contributed by atoms with Crippen LogP contribution in [0.1, 0.15) is 0 Å². The van der Waals surface area contributed by atoms with Gasteiger partial charge in [-0.15, -0.1) is 0 Å². The molecule has 0 aliphatic rings. The van der Waals surface area contributed by atoms with Crippen molar-refractivity contribution in [2.24, 2.45) is 0 Å². The quantitative estimate of drug-likeness (QED) is 0.322. The Morgan fingerprint density at radius 2 is 0.375 bits per heavy atom. The zero-order chi connectivity index (χ0) is 0. The van der Waals surface area contributed by atoms with Crippen molar-refractivity contribution in [3.05, 3.63) is 0 Å². The second-order valence-electron chi connectivity index (χ2n) is 0. The van der Waals surface area contributed by atoms with Crippen molar-refractivity contribution in [2.75, 3.05) is 0 Å². The van der Waals surface area contributed by atoms with Crippen molar-refractivity contribution in [3.8, 4) is 0 Å². The molecule has 0 aromatic carbocycles. The summed E-state index contributed by atoms with van der Waals surface area (Å²) in [5, 5.41) is 0. The molecule has 0 aliphatic heterocycles. The zero-order valence-electron chi connectivity index (χ0n) is 3.46. The van der Waals surface area contributed by atoms with Gasteiger partial charge in [0.1, 0.15) is 0 Å². The monoisotopic (exact) mass is 217 g/mol. The summed E-state index contributed by atoms with van der Waals surface area (Å²) in [6.07, 6.45) is 0. The summed E-state index contributed by atoms with van der Waals surface area (Å²) >= 11 is 0. The summed E-state index contributed by atoms with van der Waals surface area (Å²) in [6.45, 7) is 0. The Bertz CT molecular complexity index is 8.49. The fourth-order valence-corrected chi connectivity index (χ4v) is 0. The number of hydrogen-bond donors (Lipinski definition) is 0. The third-order valence-electron chi connectivity index (χ3n) is 0. The average Bonchev–Trinajstić information content (AvgIpc) is 0. The standard InChI is InChI=1S/Cu.6FH.H3P/h;6*1H;1H3. The maximum atomic E-state index is 0. The van der Waals surface area contributed by atoms with Crippen LogP contribution in [0.2, 0.25) is 0 Å². The van der Waals surface area contributed by atoms with Crippen molar-refractivity contribution in [2.45, 2.75) is 0 Å². The van der Waals surface area contributed by atoms with E-state index in [0.717, 1.165) is 0 Å². The van der Waals surface area contributed by atoms with E-state index < -0.39 is 0 Å². The van der Waals surface area contributed by atoms with E-state index in [9.17, 15) is 0 Å². The van der Waals surface area contributed by atoms with Gasteiger partial charge in [-0.05, 0) is 0 Å². The second kappa shape index (κ2) is 1150. The van der Waals surface area contributed by atoms with Crippen molar-refractivity contribution in [3.63, 3.8) is 0 Å². The smallest absolute Gasteiger partial charge is 0 e. The van der Waals surface area contributed by atoms with E-state index in [1.54, 1.807) is 0 Å². The molecular weight excluding hydrogens is 209 g/mol. The molecule has 0 nitrogen and oxygen atoms in total. The van der Waals surface area contributed by atoms with Gasteiger partial charge in [-0.1, -0.05) is 0 Å². The average molecular weight is 218 g/mol. The molecule has 0 rings (SSSR count). The van der Waals surface area contributed by atoms with Gasteiger partial charge in [0.05, 0.1) is 0 Å². The van der Waals surface area contributed by atoms with Gasteiger partial charge in [0, 0.05) is 17.1 Å². The Balaban J connectivity index is 0. The van der Waals surface area contributed by atoms with Gasteiger partial charge in [-0.3, -0.25) is 28.2 Å². The number of halogens is 6. The van der Waals surface area contributed by atoms with Crippen LogP contribution < -0.4 is 0 Å². The molecule has 8 heavy (non-hydrogen) atoms. The minimum absolute atomic E-state index is 0. The van der Waals surface area contributed by atoms with E-state index in [4.69, 9.17) is 0 Å². The molecule has 1 atom stereocenters. The van der Waals surface area contributed by atoms with Crippen LogP contribution in [0.5, 0.6) is 0 Å². The maximum absolute atomic E-state index is 0. The number of rotatable bonds is 0. The largest absolute Gasteiger partial charge is 0.269 e. The van der Waals surface area contributed by atoms with Crippen LogP contribution in [0.25, 0.3) is 0 Å². The minimum atomic E-state index is 0. The van der Waals surface area contributed by atoms with Crippen molar-refractivity contribution in [1.29, 1.82) is 0 Å². The molecule has 0 fully saturated rings. The van der Waals surface area contributed by atoms with Crippen molar-refractivity contribution in [1.82, 2.24) is 0 Å². The Kier molecular flexibility index (Phi) is 247000. The van der Waals surface area contributed by atoms with Crippen molar-refractivity contribution >= 4 is 9.90 Å². The molecule has 0 N–H and O–H groups in total. The molecule has 1 radical (unpaired) electrons. The normalized spacial score (nSPS) is 0. The molecule has 0 aromatic heterocycles. The summed E-state index contributed by atoms with van der Waals surface area (Å²) < 4.78 is 0. The molecule has 1 unspecified atom stereocenters. The molecule has 0 spiro atoms. The molecule has 0 bridgehead atoms. The fraction of sp³-hybridized carbons (Fsp3) is 0. The Labute approximate surface area is 56.1 Å². The molecule has 0 saturated carbocycles. The van der Waals surface area contributed by atoms with E-state index in [1.807, 2.05) is 0 Å². The van der Waals surface area contributed by atoms with E-state index >= 15 is 0 Å². The molecule has 67 valence electrons. The summed E-state index contributed by atoms with van der Waals surface area (Å²) in [5.74, 6) is 0. The zero-order valence-corrected chi connectivity index (χ0v) is 5.81. The Morgan fingerprint density at radius 3 is 0.375 bits per heavy atom. The molecule has 0 amide bonds. The first kappa shape index (κ1) is 1720. The van der Waals surface area contributed by atoms with Gasteiger partial charge in [0.2, 0.25) is 0 Å². The molecule has 0 aliphatic carbocycles. The van der Waals surface area contributed by atoms with Crippen LogP contribution >= 0.6 is 9.90 Å². The first-order chi connectivity index (χ1) is 0. The topological polar surface area (TPSA) is 0 Å². The Hall–Kier alpha value is 0.529. The maximum Gasteiger partial charge on any atom is 0 e. The van der Waals surface area contributed by atoms with E-state index in [-0.39, 0.29) is 55.2 Å². The van der Waals surface area contributed by atoms with Crippen LogP contribution in [0, 0.1) is 0 Å². The molecule has 8 heteroatoms. The minimum Gasteiger partial charge on any atom is -0.269 e. The first-order valence-electron chi connectivity index (χ1n) is 0. The predicted molar refractivity (Wildman–Crippen MR) is 26.1 cm³/mol. The molecule has 0 aromatic rings. The van der Waals surface area contributed by atoms with Crippen LogP contribution in [-0.4, -0.2) is 0 Å². The van der Waals surface area contributed by atoms with Gasteiger partial charge >= 0.3 is 0 Å². The van der Waals surface area contributed by atoms with E-state index in [2.05, 4.69) is 0 Å². The van der Waals surface area contributed by atoms with Crippen LogP contribution in [0.3, 0.4) is 0 Å². The van der Waals surface area contributed by atoms with E-state index in [1.165, 1.54) is 0 Å². The van der Waals surface area contributed by atoms with Gasteiger partial charge in [0.15, 0.2) is 0 Å². The van der Waals surface area contributed by atoms with Crippen LogP contribution in [0.4, 0.5) is 28.2 Å². The number of hydrogen-bond acceptors (Lipinski definition) is 0. The first-order valence-corrected chi connectivity index (χ1v) is 0. The summed E-state index contributed by atoms with van der Waals surface area (Å²) in [6, 6.07) is 0. The predicted octanol–water partition coefficient (Wildman–Crippen LogP) is 0.971. The molecular formula is H9CuF6P. The molecule has 0 saturated heterocycles. The summed E-state index contributed by atoms with van der Waals surface area (Å²) in [7, 11) is 0. The van der Waals surface area contributed by atoms with Gasteiger partial charge in [-0.25, -0.2) is 0 Å². The van der Waals surface area contributed by atoms with Crippen LogP contribution in [-0.2, 0) is 17.1 Å². The van der Waals surface area contributed by atoms with Gasteiger partial charge in [0.25, 0.3) is 0 Å². The van der Waals surface area contributed by atoms with E-state index in [0.29, 0.717) is 0 Å². The molecule has 0 heterocycles. The third kappa shape index (κ3) is 712. The van der Waals surface area contributed by atoms with Gasteiger partial charge in [-0.2, -0.15) is 9.90 Å². The van der Waals surface area contributed by atoms with Crippen LogP contribution in [0.15, 0.2) is 0 Å². The third-order valence-corrected chi connectivity index (χ3v) is 0. The summed E-state index contributed by atoms with van der Waals surface area (Å²) in [5.41, 5.74) is 0. The Morgan fingerprint density at radius 1 is 0.375 bits per heavy atom. The summed E-state index contributed by atoms with van der Waals surface area (Å²) in [4.78, 5) is 0. The SMILES string of the molecule is F.F.F.F.F.F.P.[Cu]. The second-order valence-corrected chi connectivity index (χ2v) is 0.